The lowest BCUT2D eigenvalue weighted by atomic mass is 10.2. The maximum absolute atomic E-state index is 12.5. The Morgan fingerprint density at radius 1 is 1.27 bits per heavy atom. The minimum absolute atomic E-state index is 0.0652. The van der Waals surface area contributed by atoms with Gasteiger partial charge in [-0.2, -0.15) is 0 Å². The molecule has 1 aromatic carbocycles. The van der Waals surface area contributed by atoms with E-state index >= 15 is 0 Å². The molecule has 1 amide bonds. The van der Waals surface area contributed by atoms with Crippen molar-refractivity contribution in [1.29, 1.82) is 0 Å². The summed E-state index contributed by atoms with van der Waals surface area (Å²) in [6, 6.07) is 6.70. The SMILES string of the molecule is O=C(O)CC1CN(C(=O)CCn2c(=O)[nH]c(=O)c3ccccc32)CCO1. The number of para-hydroxylation sites is 1. The van der Waals surface area contributed by atoms with Crippen LogP contribution in [0, 0.1) is 0 Å². The first-order valence-electron chi connectivity index (χ1n) is 8.28. The Balaban J connectivity index is 1.72. The fourth-order valence-corrected chi connectivity index (χ4v) is 3.09. The van der Waals surface area contributed by atoms with Crippen LogP contribution < -0.4 is 11.2 Å². The Morgan fingerprint density at radius 3 is 2.81 bits per heavy atom. The summed E-state index contributed by atoms with van der Waals surface area (Å²) in [5, 5.41) is 9.23. The van der Waals surface area contributed by atoms with E-state index in [1.54, 1.807) is 29.2 Å². The van der Waals surface area contributed by atoms with Gasteiger partial charge in [-0.25, -0.2) is 4.79 Å². The summed E-state index contributed by atoms with van der Waals surface area (Å²) >= 11 is 0. The van der Waals surface area contributed by atoms with E-state index < -0.39 is 23.3 Å². The number of fused-ring (bicyclic) bond motifs is 1. The molecule has 3 rings (SSSR count). The van der Waals surface area contributed by atoms with Gasteiger partial charge in [-0.15, -0.1) is 0 Å². The van der Waals surface area contributed by atoms with E-state index in [2.05, 4.69) is 4.98 Å². The zero-order valence-electron chi connectivity index (χ0n) is 14.0. The van der Waals surface area contributed by atoms with Crippen LogP contribution in [0.25, 0.3) is 10.9 Å². The number of rotatable bonds is 5. The van der Waals surface area contributed by atoms with Crippen LogP contribution in [0.5, 0.6) is 0 Å². The molecule has 0 radical (unpaired) electrons. The number of amides is 1. The minimum atomic E-state index is -0.976. The number of aromatic nitrogens is 2. The lowest BCUT2D eigenvalue weighted by molar-refractivity contribution is -0.147. The number of ether oxygens (including phenoxy) is 1. The van der Waals surface area contributed by atoms with Gasteiger partial charge in [0.2, 0.25) is 5.91 Å². The van der Waals surface area contributed by atoms with E-state index in [-0.39, 0.29) is 38.4 Å². The van der Waals surface area contributed by atoms with Crippen LogP contribution in [0.1, 0.15) is 12.8 Å². The number of carboxylic acid groups (broad SMARTS) is 1. The van der Waals surface area contributed by atoms with Crippen molar-refractivity contribution in [1.82, 2.24) is 14.5 Å². The van der Waals surface area contributed by atoms with Gasteiger partial charge in [0.15, 0.2) is 0 Å². The van der Waals surface area contributed by atoms with E-state index in [0.717, 1.165) is 0 Å². The molecule has 1 aliphatic rings. The van der Waals surface area contributed by atoms with Gasteiger partial charge in [0.1, 0.15) is 0 Å². The van der Waals surface area contributed by atoms with Crippen molar-refractivity contribution >= 4 is 22.8 Å². The normalized spacial score (nSPS) is 17.4. The van der Waals surface area contributed by atoms with Gasteiger partial charge in [-0.1, -0.05) is 12.1 Å². The number of hydrogen-bond acceptors (Lipinski definition) is 5. The predicted molar refractivity (Wildman–Crippen MR) is 92.0 cm³/mol. The zero-order chi connectivity index (χ0) is 18.7. The first-order valence-corrected chi connectivity index (χ1v) is 8.28. The molecule has 26 heavy (non-hydrogen) atoms. The number of aliphatic carboxylic acids is 1. The van der Waals surface area contributed by atoms with E-state index in [1.807, 2.05) is 0 Å². The van der Waals surface area contributed by atoms with Crippen molar-refractivity contribution in [3.8, 4) is 0 Å². The molecule has 1 unspecified atom stereocenters. The van der Waals surface area contributed by atoms with Crippen LogP contribution in [-0.4, -0.2) is 57.2 Å². The van der Waals surface area contributed by atoms with Gasteiger partial charge in [-0.3, -0.25) is 23.9 Å². The third kappa shape index (κ3) is 3.83. The van der Waals surface area contributed by atoms with Crippen LogP contribution in [0.2, 0.25) is 0 Å². The van der Waals surface area contributed by atoms with Crippen molar-refractivity contribution in [3.63, 3.8) is 0 Å². The van der Waals surface area contributed by atoms with E-state index in [9.17, 15) is 19.2 Å². The summed E-state index contributed by atoms with van der Waals surface area (Å²) in [7, 11) is 0. The number of nitrogens with zero attached hydrogens (tertiary/aromatic N) is 2. The van der Waals surface area contributed by atoms with Crippen LogP contribution in [0.15, 0.2) is 33.9 Å². The second-order valence-corrected chi connectivity index (χ2v) is 6.11. The highest BCUT2D eigenvalue weighted by atomic mass is 16.5. The van der Waals surface area contributed by atoms with Crippen molar-refractivity contribution in [2.45, 2.75) is 25.5 Å². The molecule has 0 bridgehead atoms. The third-order valence-electron chi connectivity index (χ3n) is 4.35. The van der Waals surface area contributed by atoms with Crippen molar-refractivity contribution in [2.75, 3.05) is 19.7 Å². The number of carboxylic acids is 1. The third-order valence-corrected chi connectivity index (χ3v) is 4.35. The summed E-state index contributed by atoms with van der Waals surface area (Å²) in [4.78, 5) is 51.0. The van der Waals surface area contributed by atoms with Crippen molar-refractivity contribution in [3.05, 3.63) is 45.1 Å². The van der Waals surface area contributed by atoms with Gasteiger partial charge in [0.25, 0.3) is 5.56 Å². The molecule has 138 valence electrons. The second-order valence-electron chi connectivity index (χ2n) is 6.11. The fourth-order valence-electron chi connectivity index (χ4n) is 3.09. The van der Waals surface area contributed by atoms with E-state index in [1.165, 1.54) is 4.57 Å². The lowest BCUT2D eigenvalue weighted by Gasteiger charge is -2.32. The van der Waals surface area contributed by atoms with Crippen LogP contribution in [0.3, 0.4) is 0 Å². The molecule has 1 aliphatic heterocycles. The molecule has 2 aromatic rings. The second kappa shape index (κ2) is 7.52. The molecule has 1 fully saturated rings. The quantitative estimate of drug-likeness (QED) is 0.759. The Bertz CT molecular complexity index is 947. The maximum Gasteiger partial charge on any atom is 0.328 e. The largest absolute Gasteiger partial charge is 0.481 e. The smallest absolute Gasteiger partial charge is 0.328 e. The molecule has 0 saturated carbocycles. The summed E-state index contributed by atoms with van der Waals surface area (Å²) in [6.45, 7) is 1.00. The molecule has 9 heteroatoms. The number of aryl methyl sites for hydroxylation is 1. The van der Waals surface area contributed by atoms with Crippen LogP contribution in [0.4, 0.5) is 0 Å². The van der Waals surface area contributed by atoms with E-state index in [4.69, 9.17) is 9.84 Å². The van der Waals surface area contributed by atoms with Crippen molar-refractivity contribution < 1.29 is 19.4 Å². The molecular weight excluding hydrogens is 342 g/mol. The molecule has 9 nitrogen and oxygen atoms in total. The van der Waals surface area contributed by atoms with Gasteiger partial charge in [0.05, 0.1) is 30.0 Å². The first kappa shape index (κ1) is 17.9. The average molecular weight is 361 g/mol. The van der Waals surface area contributed by atoms with Gasteiger partial charge in [0, 0.05) is 26.1 Å². The number of morpholine rings is 1. The molecule has 1 atom stereocenters. The topological polar surface area (TPSA) is 122 Å². The number of carbonyl (C=O) groups is 2. The summed E-state index contributed by atoms with van der Waals surface area (Å²) in [6.07, 6.45) is -0.620. The predicted octanol–water partition coefficient (Wildman–Crippen LogP) is -0.218. The molecule has 1 saturated heterocycles. The first-order chi connectivity index (χ1) is 12.5. The molecular formula is C17H19N3O6. The highest BCUT2D eigenvalue weighted by Gasteiger charge is 2.25. The van der Waals surface area contributed by atoms with Gasteiger partial charge >= 0.3 is 11.7 Å². The monoisotopic (exact) mass is 361 g/mol. The molecule has 2 N–H and O–H groups in total. The Morgan fingerprint density at radius 2 is 2.04 bits per heavy atom. The maximum atomic E-state index is 12.5. The highest BCUT2D eigenvalue weighted by molar-refractivity contribution is 5.79. The average Bonchev–Trinajstić information content (AvgIpc) is 2.61. The van der Waals surface area contributed by atoms with Crippen molar-refractivity contribution in [2.24, 2.45) is 0 Å². The van der Waals surface area contributed by atoms with Crippen LogP contribution >= 0.6 is 0 Å². The van der Waals surface area contributed by atoms with Gasteiger partial charge < -0.3 is 14.7 Å². The molecule has 1 aromatic heterocycles. The standard InChI is InChI=1S/C17H19N3O6/c21-14(19-7-8-26-11(10-19)9-15(22)23)5-6-20-13-4-2-1-3-12(13)16(24)18-17(20)25/h1-4,11H,5-10H2,(H,22,23)(H,18,24,25). The number of nitrogens with one attached hydrogen (secondary N) is 1. The highest BCUT2D eigenvalue weighted by Crippen LogP contribution is 2.12. The van der Waals surface area contributed by atoms with Crippen LogP contribution in [-0.2, 0) is 20.9 Å². The van der Waals surface area contributed by atoms with E-state index in [0.29, 0.717) is 17.4 Å². The summed E-state index contributed by atoms with van der Waals surface area (Å²) in [5.41, 5.74) is -0.551. The molecule has 0 spiro atoms. The Hall–Kier alpha value is -2.94. The minimum Gasteiger partial charge on any atom is -0.481 e. The number of aromatic amines is 1. The Kier molecular flexibility index (Phi) is 5.17. The van der Waals surface area contributed by atoms with Gasteiger partial charge in [-0.05, 0) is 12.1 Å². The summed E-state index contributed by atoms with van der Waals surface area (Å²) in [5.74, 6) is -1.17. The number of hydrogen-bond donors (Lipinski definition) is 2. The summed E-state index contributed by atoms with van der Waals surface area (Å²) < 4.78 is 6.72. The molecule has 2 heterocycles. The Labute approximate surface area is 147 Å². The number of H-pyrrole nitrogens is 1. The zero-order valence-corrected chi connectivity index (χ0v) is 14.0. The lowest BCUT2D eigenvalue weighted by Crippen LogP contribution is -2.46. The molecule has 0 aliphatic carbocycles. The number of carbonyl (C=O) groups excluding carboxylic acids is 1. The number of benzene rings is 1. The fraction of sp³-hybridized carbons (Fsp3) is 0.412.